The quantitative estimate of drug-likeness (QED) is 0.785. The summed E-state index contributed by atoms with van der Waals surface area (Å²) in [6.45, 7) is 1.64. The van der Waals surface area contributed by atoms with Crippen LogP contribution in [-0.2, 0) is 17.1 Å². The molecule has 1 aromatic rings. The molecule has 0 aliphatic heterocycles. The van der Waals surface area contributed by atoms with Gasteiger partial charge in [-0.1, -0.05) is 0 Å². The van der Waals surface area contributed by atoms with Crippen LogP contribution in [0.1, 0.15) is 13.3 Å². The monoisotopic (exact) mass is 228 g/mol. The number of nitrogens with zero attached hydrogens (tertiary/aromatic N) is 3. The lowest BCUT2D eigenvalue weighted by Crippen LogP contribution is -2.33. The first-order valence-corrected chi connectivity index (χ1v) is 5.83. The second kappa shape index (κ2) is 4.42. The zero-order valence-electron chi connectivity index (χ0n) is 8.51. The molecule has 0 aromatic carbocycles. The van der Waals surface area contributed by atoms with Gasteiger partial charge in [-0.15, -0.1) is 0 Å². The number of aryl methyl sites for hydroxylation is 1. The van der Waals surface area contributed by atoms with Crippen LogP contribution in [0.4, 0.5) is 0 Å². The van der Waals surface area contributed by atoms with Gasteiger partial charge in [0, 0.05) is 13.1 Å². The molecule has 6 nitrogen and oxygen atoms in total. The smallest absolute Gasteiger partial charge is 0.256 e. The highest BCUT2D eigenvalue weighted by atomic mass is 32.2. The van der Waals surface area contributed by atoms with Gasteiger partial charge in [-0.3, -0.25) is 4.68 Å². The van der Waals surface area contributed by atoms with Crippen LogP contribution < -0.4 is 4.72 Å². The normalized spacial score (nSPS) is 13.4. The molecule has 0 amide bonds. The summed E-state index contributed by atoms with van der Waals surface area (Å²) in [5, 5.41) is 12.3. The van der Waals surface area contributed by atoms with E-state index in [1.165, 1.54) is 16.9 Å². The van der Waals surface area contributed by atoms with Crippen molar-refractivity contribution in [2.45, 2.75) is 24.4 Å². The van der Waals surface area contributed by atoms with E-state index in [9.17, 15) is 8.42 Å². The molecule has 0 fully saturated rings. The van der Waals surface area contributed by atoms with Crippen molar-refractivity contribution in [2.24, 2.45) is 7.05 Å². The number of rotatable bonds is 4. The molecule has 0 aliphatic rings. The number of nitriles is 1. The molecule has 15 heavy (non-hydrogen) atoms. The lowest BCUT2D eigenvalue weighted by atomic mass is 10.3. The van der Waals surface area contributed by atoms with Crippen molar-refractivity contribution in [3.63, 3.8) is 0 Å². The summed E-state index contributed by atoms with van der Waals surface area (Å²) in [5.74, 6) is 0. The SMILES string of the molecule is CC(CC#N)NS(=O)(=O)c1ccnn1C. The Kier molecular flexibility index (Phi) is 3.44. The molecule has 0 spiro atoms. The van der Waals surface area contributed by atoms with E-state index >= 15 is 0 Å². The predicted octanol–water partition coefficient (Wildman–Crippen LogP) is 0.000580. The summed E-state index contributed by atoms with van der Waals surface area (Å²) in [5.41, 5.74) is 0. The fraction of sp³-hybridized carbons (Fsp3) is 0.500. The fourth-order valence-electron chi connectivity index (χ4n) is 1.13. The van der Waals surface area contributed by atoms with Gasteiger partial charge in [0.25, 0.3) is 10.0 Å². The van der Waals surface area contributed by atoms with Crippen LogP contribution in [0.3, 0.4) is 0 Å². The van der Waals surface area contributed by atoms with Gasteiger partial charge in [0.1, 0.15) is 0 Å². The molecule has 0 saturated heterocycles. The van der Waals surface area contributed by atoms with Crippen LogP contribution in [0.5, 0.6) is 0 Å². The largest absolute Gasteiger partial charge is 0.257 e. The summed E-state index contributed by atoms with van der Waals surface area (Å²) in [6.07, 6.45) is 1.54. The molecule has 1 N–H and O–H groups in total. The van der Waals surface area contributed by atoms with Gasteiger partial charge in [0.15, 0.2) is 5.03 Å². The number of sulfonamides is 1. The molecule has 0 saturated carbocycles. The van der Waals surface area contributed by atoms with Crippen LogP contribution in [0.15, 0.2) is 17.3 Å². The van der Waals surface area contributed by atoms with Crippen molar-refractivity contribution in [3.05, 3.63) is 12.3 Å². The van der Waals surface area contributed by atoms with Crippen molar-refractivity contribution in [1.82, 2.24) is 14.5 Å². The minimum Gasteiger partial charge on any atom is -0.256 e. The van der Waals surface area contributed by atoms with Crippen LogP contribution >= 0.6 is 0 Å². The average molecular weight is 228 g/mol. The summed E-state index contributed by atoms with van der Waals surface area (Å²) in [7, 11) is -2.02. The number of hydrogen-bond donors (Lipinski definition) is 1. The third kappa shape index (κ3) is 2.78. The van der Waals surface area contributed by atoms with Crippen molar-refractivity contribution in [1.29, 1.82) is 5.26 Å². The fourth-order valence-corrected chi connectivity index (χ4v) is 2.50. The van der Waals surface area contributed by atoms with Gasteiger partial charge in [0.05, 0.1) is 18.7 Å². The van der Waals surface area contributed by atoms with Crippen LogP contribution in [0.2, 0.25) is 0 Å². The molecule has 1 heterocycles. The van der Waals surface area contributed by atoms with Crippen LogP contribution in [0.25, 0.3) is 0 Å². The van der Waals surface area contributed by atoms with E-state index in [-0.39, 0.29) is 11.4 Å². The highest BCUT2D eigenvalue weighted by Crippen LogP contribution is 2.07. The maximum Gasteiger partial charge on any atom is 0.257 e. The average Bonchev–Trinajstić information content (AvgIpc) is 2.51. The van der Waals surface area contributed by atoms with Gasteiger partial charge < -0.3 is 0 Å². The number of nitrogens with one attached hydrogen (secondary N) is 1. The van der Waals surface area contributed by atoms with Gasteiger partial charge in [0.2, 0.25) is 0 Å². The third-order valence-corrected chi connectivity index (χ3v) is 3.47. The third-order valence-electron chi connectivity index (χ3n) is 1.81. The molecule has 0 bridgehead atoms. The maximum atomic E-state index is 11.7. The van der Waals surface area contributed by atoms with E-state index in [1.807, 2.05) is 6.07 Å². The van der Waals surface area contributed by atoms with Crippen LogP contribution in [0, 0.1) is 11.3 Å². The lowest BCUT2D eigenvalue weighted by molar-refractivity contribution is 0.547. The Hall–Kier alpha value is -1.39. The van der Waals surface area contributed by atoms with Gasteiger partial charge in [-0.05, 0) is 13.0 Å². The number of aromatic nitrogens is 2. The molecule has 1 atom stereocenters. The molecular formula is C8H12N4O2S. The van der Waals surface area contributed by atoms with Crippen molar-refractivity contribution in [3.8, 4) is 6.07 Å². The summed E-state index contributed by atoms with van der Waals surface area (Å²) in [6, 6.07) is 2.90. The summed E-state index contributed by atoms with van der Waals surface area (Å²) >= 11 is 0. The Morgan fingerprint density at radius 3 is 2.87 bits per heavy atom. The minimum atomic E-state index is -3.57. The molecule has 1 unspecified atom stereocenters. The van der Waals surface area contributed by atoms with Crippen molar-refractivity contribution in [2.75, 3.05) is 0 Å². The standard InChI is InChI=1S/C8H12N4O2S/c1-7(3-5-9)11-15(13,14)8-4-6-10-12(8)2/h4,6-7,11H,3H2,1-2H3. The molecule has 7 heteroatoms. The first kappa shape index (κ1) is 11.7. The minimum absolute atomic E-state index is 0.0901. The number of hydrogen-bond acceptors (Lipinski definition) is 4. The van der Waals surface area contributed by atoms with E-state index in [0.29, 0.717) is 0 Å². The Bertz CT molecular complexity index is 471. The second-order valence-electron chi connectivity index (χ2n) is 3.18. The first-order chi connectivity index (χ1) is 6.97. The molecule has 0 radical (unpaired) electrons. The Balaban J connectivity index is 2.87. The Labute approximate surface area is 88.6 Å². The highest BCUT2D eigenvalue weighted by molar-refractivity contribution is 7.89. The molecule has 1 rings (SSSR count). The van der Waals surface area contributed by atoms with Crippen LogP contribution in [-0.4, -0.2) is 24.2 Å². The first-order valence-electron chi connectivity index (χ1n) is 4.34. The van der Waals surface area contributed by atoms with Gasteiger partial charge in [-0.2, -0.15) is 10.4 Å². The lowest BCUT2D eigenvalue weighted by Gasteiger charge is -2.10. The van der Waals surface area contributed by atoms with Gasteiger partial charge in [-0.25, -0.2) is 13.1 Å². The summed E-state index contributed by atoms with van der Waals surface area (Å²) in [4.78, 5) is 0. The maximum absolute atomic E-state index is 11.7. The topological polar surface area (TPSA) is 87.8 Å². The predicted molar refractivity (Wildman–Crippen MR) is 53.2 cm³/mol. The van der Waals surface area contributed by atoms with E-state index in [2.05, 4.69) is 9.82 Å². The molecular weight excluding hydrogens is 216 g/mol. The van der Waals surface area contributed by atoms with Gasteiger partial charge >= 0.3 is 0 Å². The molecule has 82 valence electrons. The van der Waals surface area contributed by atoms with Crippen molar-refractivity contribution < 1.29 is 8.42 Å². The van der Waals surface area contributed by atoms with Crippen molar-refractivity contribution >= 4 is 10.0 Å². The molecule has 0 aliphatic carbocycles. The van der Waals surface area contributed by atoms with E-state index < -0.39 is 16.1 Å². The molecule has 1 aromatic heterocycles. The highest BCUT2D eigenvalue weighted by Gasteiger charge is 2.20. The Morgan fingerprint density at radius 2 is 2.40 bits per heavy atom. The van der Waals surface area contributed by atoms with E-state index in [0.717, 1.165) is 0 Å². The zero-order valence-corrected chi connectivity index (χ0v) is 9.32. The zero-order chi connectivity index (χ0) is 11.5. The van der Waals surface area contributed by atoms with E-state index in [1.54, 1.807) is 14.0 Å². The Morgan fingerprint density at radius 1 is 1.73 bits per heavy atom. The second-order valence-corrected chi connectivity index (χ2v) is 4.84. The van der Waals surface area contributed by atoms with E-state index in [4.69, 9.17) is 5.26 Å². The summed E-state index contributed by atoms with van der Waals surface area (Å²) < 4.78 is 27.1.